The smallest absolute Gasteiger partial charge is 0.0628 e. The lowest BCUT2D eigenvalue weighted by atomic mass is 9.83. The molecule has 164 valence electrons. The molecular weight excluding hydrogens is 378 g/mol. The van der Waals surface area contributed by atoms with Crippen LogP contribution in [-0.2, 0) is 6.54 Å². The molecule has 0 bridgehead atoms. The normalized spacial score (nSPS) is 13.8. The molecule has 0 aliphatic rings. The standard InChI is InChI=1S/C29H37NO/c1-29(2,3)20-19-27(25-15-9-5-10-16-25)22-30(21-24-13-7-4-8-14-24)28(23-31)26-17-11-6-12-18-26/h4-18,27-28,31H,19-23H2,1-3H3/t27-,28-/m0/s1. The largest absolute Gasteiger partial charge is 0.394 e. The van der Waals surface area contributed by atoms with Crippen molar-refractivity contribution in [3.63, 3.8) is 0 Å². The summed E-state index contributed by atoms with van der Waals surface area (Å²) in [6.45, 7) is 8.79. The summed E-state index contributed by atoms with van der Waals surface area (Å²) in [7, 11) is 0. The molecule has 0 unspecified atom stereocenters. The molecule has 31 heavy (non-hydrogen) atoms. The number of benzene rings is 3. The summed E-state index contributed by atoms with van der Waals surface area (Å²) in [5.41, 5.74) is 4.13. The molecule has 0 aliphatic carbocycles. The first-order valence-electron chi connectivity index (χ1n) is 11.4. The minimum absolute atomic E-state index is 0.0257. The van der Waals surface area contributed by atoms with Crippen molar-refractivity contribution in [2.24, 2.45) is 5.41 Å². The molecule has 1 N–H and O–H groups in total. The van der Waals surface area contributed by atoms with Crippen LogP contribution in [0.25, 0.3) is 0 Å². The molecule has 3 aromatic rings. The van der Waals surface area contributed by atoms with E-state index in [2.05, 4.69) is 111 Å². The molecule has 3 rings (SSSR count). The summed E-state index contributed by atoms with van der Waals surface area (Å²) in [5.74, 6) is 0.418. The van der Waals surface area contributed by atoms with Gasteiger partial charge in [0.15, 0.2) is 0 Å². The summed E-state index contributed by atoms with van der Waals surface area (Å²) < 4.78 is 0. The summed E-state index contributed by atoms with van der Waals surface area (Å²) in [5, 5.41) is 10.4. The Morgan fingerprint density at radius 3 is 1.77 bits per heavy atom. The number of aliphatic hydroxyl groups is 1. The maximum absolute atomic E-state index is 10.4. The highest BCUT2D eigenvalue weighted by Gasteiger charge is 2.25. The van der Waals surface area contributed by atoms with E-state index in [4.69, 9.17) is 0 Å². The van der Waals surface area contributed by atoms with Gasteiger partial charge in [0.1, 0.15) is 0 Å². The Kier molecular flexibility index (Phi) is 8.45. The molecule has 0 spiro atoms. The predicted octanol–water partition coefficient (Wildman–Crippen LogP) is 6.83. The van der Waals surface area contributed by atoms with Crippen molar-refractivity contribution in [2.45, 2.75) is 52.1 Å². The van der Waals surface area contributed by atoms with Crippen LogP contribution in [0, 0.1) is 5.41 Å². The lowest BCUT2D eigenvalue weighted by Crippen LogP contribution is -2.34. The monoisotopic (exact) mass is 415 g/mol. The summed E-state index contributed by atoms with van der Waals surface area (Å²) >= 11 is 0. The Hall–Kier alpha value is -2.42. The third kappa shape index (κ3) is 7.34. The van der Waals surface area contributed by atoms with E-state index < -0.39 is 0 Å². The van der Waals surface area contributed by atoms with Crippen LogP contribution in [0.5, 0.6) is 0 Å². The maximum atomic E-state index is 10.4. The van der Waals surface area contributed by atoms with Crippen molar-refractivity contribution in [3.05, 3.63) is 108 Å². The zero-order valence-electron chi connectivity index (χ0n) is 19.2. The first-order chi connectivity index (χ1) is 15.0. The third-order valence-electron chi connectivity index (χ3n) is 6.00. The van der Waals surface area contributed by atoms with Gasteiger partial charge in [-0.25, -0.2) is 0 Å². The van der Waals surface area contributed by atoms with Crippen molar-refractivity contribution in [1.29, 1.82) is 0 Å². The van der Waals surface area contributed by atoms with Crippen LogP contribution in [0.1, 0.15) is 62.3 Å². The second-order valence-corrected chi connectivity index (χ2v) is 9.73. The Bertz CT molecular complexity index is 871. The SMILES string of the molecule is CC(C)(C)CC[C@@H](CN(Cc1ccccc1)[C@@H](CO)c1ccccc1)c1ccccc1. The topological polar surface area (TPSA) is 23.5 Å². The number of aliphatic hydroxyl groups excluding tert-OH is 1. The van der Waals surface area contributed by atoms with Crippen molar-refractivity contribution in [1.82, 2.24) is 4.90 Å². The average Bonchev–Trinajstić information content (AvgIpc) is 2.78. The van der Waals surface area contributed by atoms with Gasteiger partial charge in [0.2, 0.25) is 0 Å². The quantitative estimate of drug-likeness (QED) is 0.392. The molecule has 0 radical (unpaired) electrons. The van der Waals surface area contributed by atoms with E-state index in [1.165, 1.54) is 23.1 Å². The fourth-order valence-corrected chi connectivity index (χ4v) is 4.21. The van der Waals surface area contributed by atoms with Crippen molar-refractivity contribution >= 4 is 0 Å². The van der Waals surface area contributed by atoms with Gasteiger partial charge in [0.05, 0.1) is 12.6 Å². The molecule has 2 nitrogen and oxygen atoms in total. The molecule has 0 aromatic heterocycles. The molecule has 2 heteroatoms. The van der Waals surface area contributed by atoms with Gasteiger partial charge >= 0.3 is 0 Å². The van der Waals surface area contributed by atoms with E-state index >= 15 is 0 Å². The van der Waals surface area contributed by atoms with E-state index in [0.29, 0.717) is 11.3 Å². The number of rotatable bonds is 10. The molecule has 0 saturated heterocycles. The zero-order valence-corrected chi connectivity index (χ0v) is 19.2. The molecule has 3 aromatic carbocycles. The van der Waals surface area contributed by atoms with Crippen LogP contribution in [0.4, 0.5) is 0 Å². The Morgan fingerprint density at radius 2 is 1.26 bits per heavy atom. The van der Waals surface area contributed by atoms with Gasteiger partial charge in [-0.2, -0.15) is 0 Å². The molecular formula is C29H37NO. The minimum atomic E-state index is -0.0257. The fraction of sp³-hybridized carbons (Fsp3) is 0.379. The van der Waals surface area contributed by atoms with Gasteiger partial charge in [0, 0.05) is 13.1 Å². The lowest BCUT2D eigenvalue weighted by Gasteiger charge is -2.35. The Balaban J connectivity index is 1.91. The first-order valence-corrected chi connectivity index (χ1v) is 11.4. The van der Waals surface area contributed by atoms with Crippen LogP contribution >= 0.6 is 0 Å². The van der Waals surface area contributed by atoms with Crippen LogP contribution in [0.2, 0.25) is 0 Å². The predicted molar refractivity (Wildman–Crippen MR) is 131 cm³/mol. The maximum Gasteiger partial charge on any atom is 0.0628 e. The van der Waals surface area contributed by atoms with Gasteiger partial charge in [0.25, 0.3) is 0 Å². The summed E-state index contributed by atoms with van der Waals surface area (Å²) in [4.78, 5) is 2.46. The highest BCUT2D eigenvalue weighted by atomic mass is 16.3. The Labute approximate surface area is 188 Å². The lowest BCUT2D eigenvalue weighted by molar-refractivity contribution is 0.107. The van der Waals surface area contributed by atoms with Gasteiger partial charge in [-0.3, -0.25) is 4.90 Å². The van der Waals surface area contributed by atoms with E-state index in [-0.39, 0.29) is 12.6 Å². The third-order valence-corrected chi connectivity index (χ3v) is 6.00. The van der Waals surface area contributed by atoms with Gasteiger partial charge in [-0.15, -0.1) is 0 Å². The number of nitrogens with zero attached hydrogens (tertiary/aromatic N) is 1. The van der Waals surface area contributed by atoms with E-state index in [0.717, 1.165) is 19.5 Å². The fourth-order valence-electron chi connectivity index (χ4n) is 4.21. The van der Waals surface area contributed by atoms with Crippen molar-refractivity contribution < 1.29 is 5.11 Å². The van der Waals surface area contributed by atoms with Crippen molar-refractivity contribution in [2.75, 3.05) is 13.2 Å². The molecule has 2 atom stereocenters. The van der Waals surface area contributed by atoms with Crippen LogP contribution in [0.15, 0.2) is 91.0 Å². The van der Waals surface area contributed by atoms with E-state index in [9.17, 15) is 5.11 Å². The van der Waals surface area contributed by atoms with Crippen LogP contribution in [0.3, 0.4) is 0 Å². The van der Waals surface area contributed by atoms with Gasteiger partial charge in [-0.05, 0) is 40.9 Å². The second kappa shape index (κ2) is 11.3. The summed E-state index contributed by atoms with van der Waals surface area (Å²) in [6.07, 6.45) is 2.30. The second-order valence-electron chi connectivity index (χ2n) is 9.73. The summed E-state index contributed by atoms with van der Waals surface area (Å²) in [6, 6.07) is 31.9. The molecule has 0 aliphatic heterocycles. The molecule has 0 amide bonds. The zero-order chi connectivity index (χ0) is 22.1. The highest BCUT2D eigenvalue weighted by Crippen LogP contribution is 2.32. The van der Waals surface area contributed by atoms with E-state index in [1.54, 1.807) is 0 Å². The number of hydrogen-bond donors (Lipinski definition) is 1. The molecule has 0 saturated carbocycles. The molecule has 0 fully saturated rings. The van der Waals surface area contributed by atoms with Crippen LogP contribution < -0.4 is 0 Å². The first kappa shape index (κ1) is 23.2. The Morgan fingerprint density at radius 1 is 0.742 bits per heavy atom. The van der Waals surface area contributed by atoms with Crippen molar-refractivity contribution in [3.8, 4) is 0 Å². The molecule has 0 heterocycles. The van der Waals surface area contributed by atoms with Gasteiger partial charge < -0.3 is 5.11 Å². The minimum Gasteiger partial charge on any atom is -0.394 e. The van der Waals surface area contributed by atoms with Crippen LogP contribution in [-0.4, -0.2) is 23.2 Å². The van der Waals surface area contributed by atoms with Gasteiger partial charge in [-0.1, -0.05) is 112 Å². The number of hydrogen-bond acceptors (Lipinski definition) is 2. The average molecular weight is 416 g/mol. The van der Waals surface area contributed by atoms with E-state index in [1.807, 2.05) is 6.07 Å². The highest BCUT2D eigenvalue weighted by molar-refractivity contribution is 5.23.